The van der Waals surface area contributed by atoms with Crippen LogP contribution in [0.3, 0.4) is 0 Å². The second-order valence-electron chi connectivity index (χ2n) is 4.57. The molecule has 0 spiro atoms. The zero-order valence-electron chi connectivity index (χ0n) is 10.8. The molecule has 102 valence electrons. The molecule has 0 atom stereocenters. The Bertz CT molecular complexity index is 521. The number of non-ortho nitro benzene ring substituents is 1. The molecule has 0 saturated heterocycles. The molecule has 1 aromatic rings. The highest BCUT2D eigenvalue weighted by atomic mass is 16.6. The highest BCUT2D eigenvalue weighted by Gasteiger charge is 2.38. The summed E-state index contributed by atoms with van der Waals surface area (Å²) >= 11 is 0. The molecule has 0 unspecified atom stereocenters. The predicted octanol–water partition coefficient (Wildman–Crippen LogP) is 1.67. The van der Waals surface area contributed by atoms with Gasteiger partial charge in [0.05, 0.1) is 4.92 Å². The number of hydrogen-bond donors (Lipinski definition) is 1. The van der Waals surface area contributed by atoms with Crippen LogP contribution in [-0.2, 0) is 9.59 Å². The van der Waals surface area contributed by atoms with Crippen molar-refractivity contribution < 1.29 is 19.6 Å². The zero-order valence-corrected chi connectivity index (χ0v) is 10.8. The number of aliphatic carboxylic acids is 1. The number of nitro groups is 1. The lowest BCUT2D eigenvalue weighted by atomic mass is 9.92. The van der Waals surface area contributed by atoms with E-state index < -0.39 is 22.2 Å². The van der Waals surface area contributed by atoms with E-state index in [4.69, 9.17) is 5.11 Å². The molecule has 0 fully saturated rings. The van der Waals surface area contributed by atoms with Gasteiger partial charge in [-0.15, -0.1) is 0 Å². The first kappa shape index (κ1) is 14.6. The van der Waals surface area contributed by atoms with Crippen molar-refractivity contribution >= 4 is 23.3 Å². The van der Waals surface area contributed by atoms with E-state index in [1.54, 1.807) is 0 Å². The van der Waals surface area contributed by atoms with Crippen molar-refractivity contribution in [3.05, 3.63) is 34.4 Å². The van der Waals surface area contributed by atoms with Gasteiger partial charge in [-0.3, -0.25) is 19.7 Å². The SMILES string of the molecule is CN(C(=O)C(C)(C)C(=O)O)c1ccc([N+](=O)[O-])cc1. The lowest BCUT2D eigenvalue weighted by Gasteiger charge is -2.25. The van der Waals surface area contributed by atoms with E-state index in [0.29, 0.717) is 5.69 Å². The van der Waals surface area contributed by atoms with Crippen molar-refractivity contribution in [2.45, 2.75) is 13.8 Å². The van der Waals surface area contributed by atoms with Crippen molar-refractivity contribution in [1.82, 2.24) is 0 Å². The maximum Gasteiger partial charge on any atom is 0.318 e. The van der Waals surface area contributed by atoms with Crippen LogP contribution >= 0.6 is 0 Å². The van der Waals surface area contributed by atoms with Gasteiger partial charge in [0.25, 0.3) is 5.69 Å². The van der Waals surface area contributed by atoms with E-state index >= 15 is 0 Å². The van der Waals surface area contributed by atoms with Gasteiger partial charge in [0, 0.05) is 24.9 Å². The third kappa shape index (κ3) is 2.87. The molecular formula is C12H14N2O5. The van der Waals surface area contributed by atoms with Gasteiger partial charge < -0.3 is 10.0 Å². The van der Waals surface area contributed by atoms with Crippen LogP contribution in [0.5, 0.6) is 0 Å². The first-order chi connectivity index (χ1) is 8.67. The molecule has 0 aromatic heterocycles. The maximum absolute atomic E-state index is 12.0. The number of carboxylic acid groups (broad SMARTS) is 1. The molecule has 1 rings (SSSR count). The fraction of sp³-hybridized carbons (Fsp3) is 0.333. The minimum atomic E-state index is -1.56. The van der Waals surface area contributed by atoms with Crippen LogP contribution in [0.2, 0.25) is 0 Å². The average molecular weight is 266 g/mol. The fourth-order valence-corrected chi connectivity index (χ4v) is 1.43. The van der Waals surface area contributed by atoms with Gasteiger partial charge in [0.2, 0.25) is 5.91 Å². The molecule has 0 radical (unpaired) electrons. The van der Waals surface area contributed by atoms with Crippen LogP contribution in [0.15, 0.2) is 24.3 Å². The number of carbonyl (C=O) groups is 2. The predicted molar refractivity (Wildman–Crippen MR) is 67.9 cm³/mol. The smallest absolute Gasteiger partial charge is 0.318 e. The first-order valence-corrected chi connectivity index (χ1v) is 5.44. The number of anilines is 1. The number of nitrogens with zero attached hydrogens (tertiary/aromatic N) is 2. The summed E-state index contributed by atoms with van der Waals surface area (Å²) < 4.78 is 0. The Morgan fingerprint density at radius 3 is 2.11 bits per heavy atom. The van der Waals surface area contributed by atoms with Crippen LogP contribution in [0.4, 0.5) is 11.4 Å². The molecule has 19 heavy (non-hydrogen) atoms. The average Bonchev–Trinajstić information content (AvgIpc) is 2.36. The van der Waals surface area contributed by atoms with Gasteiger partial charge in [-0.25, -0.2) is 0 Å². The monoisotopic (exact) mass is 266 g/mol. The van der Waals surface area contributed by atoms with Gasteiger partial charge >= 0.3 is 5.97 Å². The second kappa shape index (κ2) is 5.05. The lowest BCUT2D eigenvalue weighted by molar-refractivity contribution is -0.384. The molecule has 0 heterocycles. The molecule has 1 amide bonds. The van der Waals surface area contributed by atoms with Gasteiger partial charge in [0.1, 0.15) is 5.41 Å². The van der Waals surface area contributed by atoms with E-state index in [0.717, 1.165) is 4.90 Å². The number of amides is 1. The normalized spacial score (nSPS) is 10.9. The molecule has 1 N–H and O–H groups in total. The highest BCUT2D eigenvalue weighted by molar-refractivity contribution is 6.08. The number of rotatable bonds is 4. The Morgan fingerprint density at radius 1 is 1.26 bits per heavy atom. The van der Waals surface area contributed by atoms with E-state index in [9.17, 15) is 19.7 Å². The Hall–Kier alpha value is -2.44. The summed E-state index contributed by atoms with van der Waals surface area (Å²) in [5.74, 6) is -1.83. The van der Waals surface area contributed by atoms with E-state index in [1.807, 2.05) is 0 Å². The number of benzene rings is 1. The summed E-state index contributed by atoms with van der Waals surface area (Å²) in [5, 5.41) is 19.5. The van der Waals surface area contributed by atoms with Crippen LogP contribution in [0.25, 0.3) is 0 Å². The van der Waals surface area contributed by atoms with Crippen molar-refractivity contribution in [1.29, 1.82) is 0 Å². The molecule has 0 aliphatic rings. The Morgan fingerprint density at radius 2 is 1.74 bits per heavy atom. The van der Waals surface area contributed by atoms with Crippen LogP contribution in [0.1, 0.15) is 13.8 Å². The van der Waals surface area contributed by atoms with E-state index in [2.05, 4.69) is 0 Å². The summed E-state index contributed by atoms with van der Waals surface area (Å²) in [4.78, 5) is 34.2. The first-order valence-electron chi connectivity index (χ1n) is 5.44. The number of hydrogen-bond acceptors (Lipinski definition) is 4. The van der Waals surface area contributed by atoms with Crippen LogP contribution in [-0.4, -0.2) is 29.0 Å². The van der Waals surface area contributed by atoms with Crippen LogP contribution < -0.4 is 4.90 Å². The molecule has 0 bridgehead atoms. The third-order valence-electron chi connectivity index (χ3n) is 2.82. The Balaban J connectivity index is 3.01. The number of nitro benzene ring substituents is 1. The molecule has 0 saturated carbocycles. The second-order valence-corrected chi connectivity index (χ2v) is 4.57. The highest BCUT2D eigenvalue weighted by Crippen LogP contribution is 2.24. The van der Waals surface area contributed by atoms with E-state index in [1.165, 1.54) is 45.2 Å². The topological polar surface area (TPSA) is 101 Å². The van der Waals surface area contributed by atoms with Crippen molar-refractivity contribution in [2.24, 2.45) is 5.41 Å². The summed E-state index contributed by atoms with van der Waals surface area (Å²) in [5.41, 5.74) is -1.26. The van der Waals surface area contributed by atoms with Crippen molar-refractivity contribution in [2.75, 3.05) is 11.9 Å². The summed E-state index contributed by atoms with van der Waals surface area (Å²) in [6.45, 7) is 2.61. The van der Waals surface area contributed by atoms with Crippen molar-refractivity contribution in [3.8, 4) is 0 Å². The molecule has 0 aliphatic carbocycles. The Kier molecular flexibility index (Phi) is 3.89. The number of carboxylic acids is 1. The molecule has 1 aromatic carbocycles. The minimum absolute atomic E-state index is 0.0953. The van der Waals surface area contributed by atoms with Gasteiger partial charge in [-0.05, 0) is 26.0 Å². The maximum atomic E-state index is 12.0. The molecule has 7 nitrogen and oxygen atoms in total. The summed E-state index contributed by atoms with van der Waals surface area (Å²) in [7, 11) is 1.42. The lowest BCUT2D eigenvalue weighted by Crippen LogP contribution is -2.43. The third-order valence-corrected chi connectivity index (χ3v) is 2.82. The fourth-order valence-electron chi connectivity index (χ4n) is 1.43. The van der Waals surface area contributed by atoms with Crippen molar-refractivity contribution in [3.63, 3.8) is 0 Å². The largest absolute Gasteiger partial charge is 0.480 e. The minimum Gasteiger partial charge on any atom is -0.480 e. The summed E-state index contributed by atoms with van der Waals surface area (Å²) in [6.07, 6.45) is 0. The molecule has 7 heteroatoms. The molecular weight excluding hydrogens is 252 g/mol. The van der Waals surface area contributed by atoms with Crippen LogP contribution in [0, 0.1) is 15.5 Å². The number of carbonyl (C=O) groups excluding carboxylic acids is 1. The molecule has 0 aliphatic heterocycles. The van der Waals surface area contributed by atoms with E-state index in [-0.39, 0.29) is 5.69 Å². The zero-order chi connectivity index (χ0) is 14.8. The van der Waals surface area contributed by atoms with Gasteiger partial charge in [-0.2, -0.15) is 0 Å². The summed E-state index contributed by atoms with van der Waals surface area (Å²) in [6, 6.07) is 5.31. The quantitative estimate of drug-likeness (QED) is 0.507. The standard InChI is InChI=1S/C12H14N2O5/c1-12(2,11(16)17)10(15)13(3)8-4-6-9(7-5-8)14(18)19/h4-7H,1-3H3,(H,16,17). The Labute approximate surface area is 109 Å². The van der Waals surface area contributed by atoms with Gasteiger partial charge in [-0.1, -0.05) is 0 Å². The van der Waals surface area contributed by atoms with Gasteiger partial charge in [0.15, 0.2) is 0 Å².